The van der Waals surface area contributed by atoms with E-state index in [-0.39, 0.29) is 12.0 Å². The van der Waals surface area contributed by atoms with Crippen molar-refractivity contribution in [3.05, 3.63) is 59.7 Å². The summed E-state index contributed by atoms with van der Waals surface area (Å²) in [5.74, 6) is -0.0385. The van der Waals surface area contributed by atoms with E-state index in [1.165, 1.54) is 6.07 Å². The van der Waals surface area contributed by atoms with Gasteiger partial charge in [-0.05, 0) is 61.9 Å². The summed E-state index contributed by atoms with van der Waals surface area (Å²) < 4.78 is 41.3. The van der Waals surface area contributed by atoms with Crippen molar-refractivity contribution in [1.29, 1.82) is 0 Å². The zero-order valence-corrected chi connectivity index (χ0v) is 16.1. The van der Waals surface area contributed by atoms with Crippen molar-refractivity contribution in [2.75, 3.05) is 7.05 Å². The second kappa shape index (κ2) is 7.88. The van der Waals surface area contributed by atoms with Gasteiger partial charge in [0.25, 0.3) is 0 Å². The summed E-state index contributed by atoms with van der Waals surface area (Å²) in [6.07, 6.45) is 0.899. The fraction of sp³-hybridized carbons (Fsp3) is 0.478. The first-order valence-electron chi connectivity index (χ1n) is 10.2. The van der Waals surface area contributed by atoms with Crippen LogP contribution in [0.2, 0.25) is 0 Å². The van der Waals surface area contributed by atoms with Crippen molar-refractivity contribution in [2.24, 2.45) is 0 Å². The summed E-state index contributed by atoms with van der Waals surface area (Å²) in [6, 6.07) is 15.3. The van der Waals surface area contributed by atoms with E-state index in [0.29, 0.717) is 23.2 Å². The standard InChI is InChI=1S/C23H27F3N2/c1-27-17-8-10-18(11-9-17)28-22-14-20(22)19-12-7-16(13-21(19)23(24,25)26)15-5-3-2-4-6-15/h2-7,12-13,17-18,20,22,27-28H,8-11,14H2,1H3/t17?,18?,20-,22+/m0/s1. The van der Waals surface area contributed by atoms with Crippen LogP contribution in [0.15, 0.2) is 48.5 Å². The van der Waals surface area contributed by atoms with Crippen LogP contribution in [0.1, 0.15) is 49.1 Å². The molecule has 0 spiro atoms. The molecular weight excluding hydrogens is 361 g/mol. The quantitative estimate of drug-likeness (QED) is 0.722. The van der Waals surface area contributed by atoms with Crippen LogP contribution in [0.3, 0.4) is 0 Å². The Labute approximate surface area is 164 Å². The van der Waals surface area contributed by atoms with Gasteiger partial charge in [0.05, 0.1) is 5.56 Å². The first-order chi connectivity index (χ1) is 13.5. The average molecular weight is 388 g/mol. The topological polar surface area (TPSA) is 24.1 Å². The van der Waals surface area contributed by atoms with Gasteiger partial charge in [-0.2, -0.15) is 13.2 Å². The van der Waals surface area contributed by atoms with Gasteiger partial charge in [-0.3, -0.25) is 0 Å². The van der Waals surface area contributed by atoms with Crippen LogP contribution < -0.4 is 10.6 Å². The molecule has 2 N–H and O–H groups in total. The minimum atomic E-state index is -4.34. The van der Waals surface area contributed by atoms with Crippen LogP contribution in [0.4, 0.5) is 13.2 Å². The van der Waals surface area contributed by atoms with Crippen molar-refractivity contribution in [1.82, 2.24) is 10.6 Å². The van der Waals surface area contributed by atoms with Gasteiger partial charge >= 0.3 is 6.18 Å². The van der Waals surface area contributed by atoms with Crippen molar-refractivity contribution in [2.45, 2.75) is 62.3 Å². The van der Waals surface area contributed by atoms with Gasteiger partial charge in [-0.25, -0.2) is 0 Å². The van der Waals surface area contributed by atoms with E-state index < -0.39 is 11.7 Å². The summed E-state index contributed by atoms with van der Waals surface area (Å²) in [5, 5.41) is 6.93. The van der Waals surface area contributed by atoms with E-state index in [2.05, 4.69) is 10.6 Å². The third kappa shape index (κ3) is 4.26. The fourth-order valence-corrected chi connectivity index (χ4v) is 4.51. The number of nitrogens with one attached hydrogen (secondary N) is 2. The van der Waals surface area contributed by atoms with E-state index in [9.17, 15) is 13.2 Å². The highest BCUT2D eigenvalue weighted by atomic mass is 19.4. The van der Waals surface area contributed by atoms with Crippen LogP contribution >= 0.6 is 0 Å². The minimum Gasteiger partial charge on any atom is -0.317 e. The summed E-state index contributed by atoms with van der Waals surface area (Å²) in [7, 11) is 1.99. The van der Waals surface area contributed by atoms with Gasteiger partial charge < -0.3 is 10.6 Å². The second-order valence-corrected chi connectivity index (χ2v) is 8.12. The molecule has 0 bridgehead atoms. The predicted molar refractivity (Wildman–Crippen MR) is 106 cm³/mol. The lowest BCUT2D eigenvalue weighted by atomic mass is 9.91. The van der Waals surface area contributed by atoms with Crippen LogP contribution in [-0.4, -0.2) is 25.2 Å². The molecule has 0 saturated heterocycles. The largest absolute Gasteiger partial charge is 0.416 e. The smallest absolute Gasteiger partial charge is 0.317 e. The van der Waals surface area contributed by atoms with Crippen molar-refractivity contribution >= 4 is 0 Å². The number of alkyl halides is 3. The third-order valence-electron chi connectivity index (χ3n) is 6.24. The molecule has 2 atom stereocenters. The zero-order valence-electron chi connectivity index (χ0n) is 16.1. The lowest BCUT2D eigenvalue weighted by Crippen LogP contribution is -2.39. The lowest BCUT2D eigenvalue weighted by molar-refractivity contribution is -0.138. The Hall–Kier alpha value is -1.85. The highest BCUT2D eigenvalue weighted by Gasteiger charge is 2.45. The Morgan fingerprint density at radius 2 is 1.54 bits per heavy atom. The number of hydrogen-bond acceptors (Lipinski definition) is 2. The minimum absolute atomic E-state index is 0.0385. The molecule has 150 valence electrons. The van der Waals surface area contributed by atoms with Crippen LogP contribution in [0, 0.1) is 0 Å². The molecule has 2 aromatic carbocycles. The Balaban J connectivity index is 1.49. The number of benzene rings is 2. The molecular formula is C23H27F3N2. The van der Waals surface area contributed by atoms with Crippen LogP contribution in [0.5, 0.6) is 0 Å². The molecule has 0 radical (unpaired) electrons. The van der Waals surface area contributed by atoms with E-state index in [4.69, 9.17) is 0 Å². The van der Waals surface area contributed by atoms with Gasteiger partial charge in [0, 0.05) is 24.0 Å². The number of hydrogen-bond donors (Lipinski definition) is 2. The highest BCUT2D eigenvalue weighted by molar-refractivity contribution is 5.65. The molecule has 0 aliphatic heterocycles. The molecule has 0 aromatic heterocycles. The number of halogens is 3. The SMILES string of the molecule is CNC1CCC(N[C@@H]2C[C@H]2c2ccc(-c3ccccc3)cc2C(F)(F)F)CC1. The Morgan fingerprint density at radius 1 is 0.857 bits per heavy atom. The Bertz CT molecular complexity index is 795. The Kier molecular flexibility index (Phi) is 5.48. The van der Waals surface area contributed by atoms with Crippen molar-refractivity contribution < 1.29 is 13.2 Å². The summed E-state index contributed by atoms with van der Waals surface area (Å²) in [5.41, 5.74) is 1.38. The van der Waals surface area contributed by atoms with Gasteiger partial charge in [0.1, 0.15) is 0 Å². The monoisotopic (exact) mass is 388 g/mol. The third-order valence-corrected chi connectivity index (χ3v) is 6.24. The van der Waals surface area contributed by atoms with Gasteiger partial charge in [0.15, 0.2) is 0 Å². The van der Waals surface area contributed by atoms with Crippen LogP contribution in [0.25, 0.3) is 11.1 Å². The maximum absolute atomic E-state index is 13.8. The molecule has 2 aliphatic rings. The molecule has 4 rings (SSSR count). The molecule has 2 aromatic rings. The normalized spacial score (nSPS) is 27.6. The summed E-state index contributed by atoms with van der Waals surface area (Å²) in [6.45, 7) is 0. The van der Waals surface area contributed by atoms with Gasteiger partial charge in [0.2, 0.25) is 0 Å². The van der Waals surface area contributed by atoms with Gasteiger partial charge in [-0.1, -0.05) is 42.5 Å². The molecule has 2 nitrogen and oxygen atoms in total. The molecule has 5 heteroatoms. The Morgan fingerprint density at radius 3 is 2.18 bits per heavy atom. The zero-order chi connectivity index (χ0) is 19.7. The highest BCUT2D eigenvalue weighted by Crippen LogP contribution is 2.47. The van der Waals surface area contributed by atoms with Gasteiger partial charge in [-0.15, -0.1) is 0 Å². The van der Waals surface area contributed by atoms with E-state index in [1.54, 1.807) is 6.07 Å². The summed E-state index contributed by atoms with van der Waals surface area (Å²) in [4.78, 5) is 0. The number of rotatable bonds is 5. The molecule has 28 heavy (non-hydrogen) atoms. The lowest BCUT2D eigenvalue weighted by Gasteiger charge is -2.29. The first kappa shape index (κ1) is 19.5. The van der Waals surface area contributed by atoms with E-state index in [1.807, 2.05) is 43.4 Å². The summed E-state index contributed by atoms with van der Waals surface area (Å²) >= 11 is 0. The molecule has 2 saturated carbocycles. The van der Waals surface area contributed by atoms with Crippen LogP contribution in [-0.2, 0) is 6.18 Å². The van der Waals surface area contributed by atoms with Crippen molar-refractivity contribution in [3.63, 3.8) is 0 Å². The maximum atomic E-state index is 13.8. The van der Waals surface area contributed by atoms with E-state index in [0.717, 1.165) is 37.7 Å². The predicted octanol–water partition coefficient (Wildman–Crippen LogP) is 5.35. The average Bonchev–Trinajstić information content (AvgIpc) is 3.47. The second-order valence-electron chi connectivity index (χ2n) is 8.12. The molecule has 2 fully saturated rings. The van der Waals surface area contributed by atoms with Crippen molar-refractivity contribution in [3.8, 4) is 11.1 Å². The molecule has 0 unspecified atom stereocenters. The molecule has 0 heterocycles. The van der Waals surface area contributed by atoms with E-state index >= 15 is 0 Å². The maximum Gasteiger partial charge on any atom is 0.416 e. The molecule has 2 aliphatic carbocycles. The molecule has 0 amide bonds. The first-order valence-corrected chi connectivity index (χ1v) is 10.2. The fourth-order valence-electron chi connectivity index (χ4n) is 4.51.